The van der Waals surface area contributed by atoms with E-state index in [-0.39, 0.29) is 0 Å². The molecule has 0 amide bonds. The third-order valence-electron chi connectivity index (χ3n) is 4.80. The van der Waals surface area contributed by atoms with Gasteiger partial charge in [-0.15, -0.1) is 0 Å². The molecule has 0 spiro atoms. The lowest BCUT2D eigenvalue weighted by molar-refractivity contribution is 0.210. The Bertz CT molecular complexity index is 770. The van der Waals surface area contributed by atoms with Gasteiger partial charge in [0.15, 0.2) is 0 Å². The van der Waals surface area contributed by atoms with Crippen LogP contribution in [-0.4, -0.2) is 25.6 Å². The summed E-state index contributed by atoms with van der Waals surface area (Å²) in [6.45, 7) is 0.927. The first kappa shape index (κ1) is 15.9. The van der Waals surface area contributed by atoms with Crippen LogP contribution in [0.4, 0.5) is 0 Å². The van der Waals surface area contributed by atoms with Crippen LogP contribution < -0.4 is 4.74 Å². The fourth-order valence-corrected chi connectivity index (χ4v) is 3.48. The molecule has 5 nitrogen and oxygen atoms in total. The molecule has 0 aliphatic heterocycles. The molecule has 1 aliphatic carbocycles. The van der Waals surface area contributed by atoms with Crippen LogP contribution in [0.5, 0.6) is 5.75 Å². The van der Waals surface area contributed by atoms with Gasteiger partial charge in [0, 0.05) is 43.3 Å². The highest BCUT2D eigenvalue weighted by molar-refractivity contribution is 5.56. The SMILES string of the molecule is c1c[nH]c(CCCn2ccnc2-c2ccc(OC3CCCC3)cc2)n1. The Kier molecular flexibility index (Phi) is 4.81. The number of aromatic nitrogens is 4. The van der Waals surface area contributed by atoms with Gasteiger partial charge < -0.3 is 14.3 Å². The second-order valence-electron chi connectivity index (χ2n) is 6.63. The quantitative estimate of drug-likeness (QED) is 0.702. The largest absolute Gasteiger partial charge is 0.490 e. The van der Waals surface area contributed by atoms with E-state index in [0.717, 1.165) is 42.3 Å². The van der Waals surface area contributed by atoms with Crippen LogP contribution in [0.1, 0.15) is 37.9 Å². The Morgan fingerprint density at radius 3 is 2.68 bits per heavy atom. The Labute approximate surface area is 148 Å². The number of imidazole rings is 2. The first-order valence-electron chi connectivity index (χ1n) is 9.15. The van der Waals surface area contributed by atoms with Crippen molar-refractivity contribution in [1.29, 1.82) is 0 Å². The molecule has 2 aromatic heterocycles. The van der Waals surface area contributed by atoms with Crippen LogP contribution in [0, 0.1) is 0 Å². The molecular formula is C20H24N4O. The lowest BCUT2D eigenvalue weighted by Crippen LogP contribution is -2.10. The van der Waals surface area contributed by atoms with Crippen LogP contribution in [0.15, 0.2) is 49.1 Å². The zero-order chi connectivity index (χ0) is 16.9. The van der Waals surface area contributed by atoms with Gasteiger partial charge >= 0.3 is 0 Å². The van der Waals surface area contributed by atoms with Crippen molar-refractivity contribution >= 4 is 0 Å². The molecule has 3 aromatic rings. The predicted molar refractivity (Wildman–Crippen MR) is 97.5 cm³/mol. The number of rotatable bonds is 7. The van der Waals surface area contributed by atoms with Crippen molar-refractivity contribution in [3.63, 3.8) is 0 Å². The maximum Gasteiger partial charge on any atom is 0.139 e. The first-order chi connectivity index (χ1) is 12.4. The minimum atomic E-state index is 0.398. The van der Waals surface area contributed by atoms with E-state index >= 15 is 0 Å². The van der Waals surface area contributed by atoms with E-state index in [4.69, 9.17) is 4.74 Å². The smallest absolute Gasteiger partial charge is 0.139 e. The van der Waals surface area contributed by atoms with Gasteiger partial charge in [0.05, 0.1) is 6.10 Å². The zero-order valence-electron chi connectivity index (χ0n) is 14.4. The van der Waals surface area contributed by atoms with Crippen molar-refractivity contribution in [3.8, 4) is 17.1 Å². The molecule has 1 fully saturated rings. The summed E-state index contributed by atoms with van der Waals surface area (Å²) >= 11 is 0. The number of ether oxygens (including phenoxy) is 1. The van der Waals surface area contributed by atoms with Crippen molar-refractivity contribution in [2.24, 2.45) is 0 Å². The topological polar surface area (TPSA) is 55.7 Å². The van der Waals surface area contributed by atoms with Gasteiger partial charge in [-0.05, 0) is 56.4 Å². The molecule has 0 saturated heterocycles. The van der Waals surface area contributed by atoms with Crippen molar-refractivity contribution in [2.45, 2.75) is 51.2 Å². The summed E-state index contributed by atoms with van der Waals surface area (Å²) in [5, 5.41) is 0. The monoisotopic (exact) mass is 336 g/mol. The molecule has 1 aliphatic rings. The van der Waals surface area contributed by atoms with Crippen LogP contribution >= 0.6 is 0 Å². The van der Waals surface area contributed by atoms with Crippen molar-refractivity contribution in [3.05, 3.63) is 54.9 Å². The highest BCUT2D eigenvalue weighted by atomic mass is 16.5. The number of aromatic amines is 1. The van der Waals surface area contributed by atoms with E-state index in [1.807, 2.05) is 18.6 Å². The summed E-state index contributed by atoms with van der Waals surface area (Å²) < 4.78 is 8.25. The highest BCUT2D eigenvalue weighted by Crippen LogP contribution is 2.26. The van der Waals surface area contributed by atoms with Crippen LogP contribution in [0.3, 0.4) is 0 Å². The fraction of sp³-hybridized carbons (Fsp3) is 0.400. The Morgan fingerprint density at radius 1 is 1.08 bits per heavy atom. The highest BCUT2D eigenvalue weighted by Gasteiger charge is 2.16. The van der Waals surface area contributed by atoms with E-state index in [2.05, 4.69) is 43.8 Å². The van der Waals surface area contributed by atoms with E-state index in [9.17, 15) is 0 Å². The third-order valence-corrected chi connectivity index (χ3v) is 4.80. The molecule has 130 valence electrons. The number of hydrogen-bond acceptors (Lipinski definition) is 3. The minimum absolute atomic E-state index is 0.398. The fourth-order valence-electron chi connectivity index (χ4n) is 3.48. The minimum Gasteiger partial charge on any atom is -0.490 e. The normalized spacial score (nSPS) is 14.9. The molecule has 1 N–H and O–H groups in total. The third kappa shape index (κ3) is 3.92. The summed E-state index contributed by atoms with van der Waals surface area (Å²) in [5.41, 5.74) is 1.13. The van der Waals surface area contributed by atoms with Gasteiger partial charge in [-0.2, -0.15) is 0 Å². The summed E-state index contributed by atoms with van der Waals surface area (Å²) in [7, 11) is 0. The summed E-state index contributed by atoms with van der Waals surface area (Å²) in [5.74, 6) is 3.01. The Balaban J connectivity index is 1.38. The molecule has 0 bridgehead atoms. The van der Waals surface area contributed by atoms with Gasteiger partial charge in [0.25, 0.3) is 0 Å². The molecular weight excluding hydrogens is 312 g/mol. The number of nitrogens with zero attached hydrogens (tertiary/aromatic N) is 3. The van der Waals surface area contributed by atoms with E-state index in [1.54, 1.807) is 6.20 Å². The van der Waals surface area contributed by atoms with Gasteiger partial charge in [-0.1, -0.05) is 0 Å². The second-order valence-corrected chi connectivity index (χ2v) is 6.63. The standard InChI is InChI=1S/C20H24N4O/c1-2-5-17(4-1)25-18-9-7-16(8-10-18)20-23-13-15-24(20)14-3-6-19-21-11-12-22-19/h7-13,15,17H,1-6,14H2,(H,21,22). The van der Waals surface area contributed by atoms with E-state index < -0.39 is 0 Å². The molecule has 0 atom stereocenters. The maximum atomic E-state index is 6.05. The molecule has 1 aromatic carbocycles. The average Bonchev–Trinajstić information content (AvgIpc) is 3.38. The molecule has 25 heavy (non-hydrogen) atoms. The van der Waals surface area contributed by atoms with Crippen LogP contribution in [0.2, 0.25) is 0 Å². The lowest BCUT2D eigenvalue weighted by atomic mass is 10.2. The predicted octanol–water partition coefficient (Wildman–Crippen LogP) is 4.23. The van der Waals surface area contributed by atoms with Crippen molar-refractivity contribution in [1.82, 2.24) is 19.5 Å². The summed E-state index contributed by atoms with van der Waals surface area (Å²) in [4.78, 5) is 12.0. The molecule has 1 saturated carbocycles. The second kappa shape index (κ2) is 7.55. The zero-order valence-corrected chi connectivity index (χ0v) is 14.4. The summed E-state index contributed by atoms with van der Waals surface area (Å²) in [6, 6.07) is 8.34. The molecule has 5 heteroatoms. The van der Waals surface area contributed by atoms with Crippen molar-refractivity contribution < 1.29 is 4.74 Å². The van der Waals surface area contributed by atoms with Crippen LogP contribution in [-0.2, 0) is 13.0 Å². The Morgan fingerprint density at radius 2 is 1.92 bits per heavy atom. The van der Waals surface area contributed by atoms with Gasteiger partial charge in [-0.3, -0.25) is 0 Å². The van der Waals surface area contributed by atoms with E-state index in [1.165, 1.54) is 25.7 Å². The van der Waals surface area contributed by atoms with Gasteiger partial charge in [0.1, 0.15) is 17.4 Å². The first-order valence-corrected chi connectivity index (χ1v) is 9.15. The number of nitrogens with one attached hydrogen (secondary N) is 1. The number of aryl methyl sites for hydroxylation is 2. The van der Waals surface area contributed by atoms with Crippen molar-refractivity contribution in [2.75, 3.05) is 0 Å². The maximum absolute atomic E-state index is 6.05. The van der Waals surface area contributed by atoms with Gasteiger partial charge in [0.2, 0.25) is 0 Å². The average molecular weight is 336 g/mol. The number of hydrogen-bond donors (Lipinski definition) is 1. The number of H-pyrrole nitrogens is 1. The molecule has 4 rings (SSSR count). The number of benzene rings is 1. The summed E-state index contributed by atoms with van der Waals surface area (Å²) in [6.07, 6.45) is 14.9. The molecule has 2 heterocycles. The van der Waals surface area contributed by atoms with Crippen LogP contribution in [0.25, 0.3) is 11.4 Å². The Hall–Kier alpha value is -2.56. The molecule has 0 unspecified atom stereocenters. The molecule has 0 radical (unpaired) electrons. The lowest BCUT2D eigenvalue weighted by Gasteiger charge is -2.13. The van der Waals surface area contributed by atoms with E-state index in [0.29, 0.717) is 6.10 Å². The van der Waals surface area contributed by atoms with Gasteiger partial charge in [-0.25, -0.2) is 9.97 Å².